The Kier molecular flexibility index (Phi) is 29.4. The van der Waals surface area contributed by atoms with Crippen molar-refractivity contribution in [2.24, 2.45) is 32.5 Å². The van der Waals surface area contributed by atoms with E-state index < -0.39 is 18.1 Å². The van der Waals surface area contributed by atoms with Crippen LogP contribution in [0.25, 0.3) is 4.85 Å². The Morgan fingerprint density at radius 3 is 1.42 bits per heavy atom. The van der Waals surface area contributed by atoms with Gasteiger partial charge < -0.3 is 23.8 Å². The van der Waals surface area contributed by atoms with Gasteiger partial charge in [0, 0.05) is 24.1 Å². The maximum Gasteiger partial charge on any atom is 0.573 e. The van der Waals surface area contributed by atoms with Gasteiger partial charge in [0.25, 0.3) is 0 Å². The molecule has 0 bridgehead atoms. The van der Waals surface area contributed by atoms with Crippen LogP contribution >= 0.6 is 0 Å². The number of piperidine rings is 1. The third kappa shape index (κ3) is 35.7. The zero-order chi connectivity index (χ0) is 63.1. The maximum absolute atomic E-state index is 12.4. The van der Waals surface area contributed by atoms with E-state index in [0.29, 0.717) is 39.7 Å². The second-order valence-corrected chi connectivity index (χ2v) is 29.0. The quantitative estimate of drug-likeness (QED) is 0.0940. The molecule has 0 aromatic heterocycles. The fourth-order valence-electron chi connectivity index (χ4n) is 8.66. The summed E-state index contributed by atoms with van der Waals surface area (Å²) in [5.41, 5.74) is 4.92. The van der Waals surface area contributed by atoms with E-state index in [9.17, 15) is 31.1 Å². The molecular formula is C69H103F6N3O5. The molecule has 2 saturated heterocycles. The molecule has 0 spiro atoms. The summed E-state index contributed by atoms with van der Waals surface area (Å²) in [6, 6.07) is 24.7. The largest absolute Gasteiger partial charge is 0.573 e. The fraction of sp³-hybridized carbons (Fsp3) is 0.623. The van der Waals surface area contributed by atoms with Crippen LogP contribution < -0.4 is 14.2 Å². The molecule has 3 aliphatic rings. The summed E-state index contributed by atoms with van der Waals surface area (Å²) in [4.78, 5) is 20.4. The van der Waals surface area contributed by atoms with Gasteiger partial charge in [0.1, 0.15) is 5.75 Å². The first-order chi connectivity index (χ1) is 38.0. The summed E-state index contributed by atoms with van der Waals surface area (Å²) in [6.07, 6.45) is 0.585. The van der Waals surface area contributed by atoms with Crippen LogP contribution in [0.2, 0.25) is 0 Å². The van der Waals surface area contributed by atoms with Crippen LogP contribution in [0.5, 0.6) is 17.2 Å². The lowest BCUT2D eigenvalue weighted by molar-refractivity contribution is -0.274. The molecule has 2 fully saturated rings. The number of ketones is 1. The molecular weight excluding hydrogens is 1060 g/mol. The van der Waals surface area contributed by atoms with E-state index in [0.717, 1.165) is 62.0 Å². The topological polar surface area (TPSA) is 64.8 Å². The molecule has 3 aliphatic heterocycles. The first-order valence-electron chi connectivity index (χ1n) is 29.4. The van der Waals surface area contributed by atoms with E-state index in [1.54, 1.807) is 36.4 Å². The van der Waals surface area contributed by atoms with Crippen LogP contribution in [0.1, 0.15) is 189 Å². The van der Waals surface area contributed by atoms with E-state index >= 15 is 0 Å². The molecule has 4 aromatic carbocycles. The van der Waals surface area contributed by atoms with Crippen molar-refractivity contribution in [2.45, 2.75) is 189 Å². The van der Waals surface area contributed by atoms with Crippen molar-refractivity contribution in [1.82, 2.24) is 9.80 Å². The number of halogens is 6. The van der Waals surface area contributed by atoms with Crippen LogP contribution in [0.15, 0.2) is 91.0 Å². The highest BCUT2D eigenvalue weighted by Crippen LogP contribution is 2.35. The zero-order valence-corrected chi connectivity index (χ0v) is 53.8. The maximum atomic E-state index is 12.4. The van der Waals surface area contributed by atoms with Gasteiger partial charge in [-0.1, -0.05) is 186 Å². The van der Waals surface area contributed by atoms with Crippen LogP contribution in [0, 0.1) is 39.1 Å². The minimum absolute atomic E-state index is 0.00419. The molecule has 3 heterocycles. The highest BCUT2D eigenvalue weighted by Gasteiger charge is 2.32. The van der Waals surface area contributed by atoms with Crippen LogP contribution in [-0.4, -0.2) is 81.2 Å². The number of nitrogens with zero attached hydrogens (tertiary/aromatic N) is 3. The number of rotatable bonds is 9. The van der Waals surface area contributed by atoms with Gasteiger partial charge in [-0.3, -0.25) is 9.69 Å². The van der Waals surface area contributed by atoms with Crippen LogP contribution in [0.4, 0.5) is 32.0 Å². The number of morpholine rings is 1. The van der Waals surface area contributed by atoms with E-state index in [4.69, 9.17) is 20.8 Å². The van der Waals surface area contributed by atoms with Crippen LogP contribution in [-0.2, 0) is 30.2 Å². The first kappa shape index (κ1) is 74.0. The van der Waals surface area contributed by atoms with E-state index in [-0.39, 0.29) is 34.6 Å². The number of likely N-dealkylation sites (tertiary alicyclic amines) is 1. The predicted molar refractivity (Wildman–Crippen MR) is 329 cm³/mol. The molecule has 0 aliphatic carbocycles. The molecule has 0 atom stereocenters. The fourth-order valence-corrected chi connectivity index (χ4v) is 8.66. The van der Waals surface area contributed by atoms with Crippen molar-refractivity contribution in [1.29, 1.82) is 0 Å². The molecule has 0 saturated carbocycles. The molecule has 0 N–H and O–H groups in total. The summed E-state index contributed by atoms with van der Waals surface area (Å²) < 4.78 is 92.4. The number of Topliss-reactive ketones (excluding diaryl/α,β-unsaturated/α-hetero) is 1. The predicted octanol–water partition coefficient (Wildman–Crippen LogP) is 19.6. The average Bonchev–Trinajstić information content (AvgIpc) is 3.87. The minimum Gasteiger partial charge on any atom is -0.454 e. The van der Waals surface area contributed by atoms with Gasteiger partial charge in [-0.25, -0.2) is 4.85 Å². The van der Waals surface area contributed by atoms with E-state index in [1.165, 1.54) is 88.1 Å². The third-order valence-corrected chi connectivity index (χ3v) is 12.9. The number of ether oxygens (including phenoxy) is 4. The minimum atomic E-state index is -4.62. The Balaban J connectivity index is 0.000000341. The number of fused-ring (bicyclic) bond motifs is 1. The number of hydrogen-bond donors (Lipinski definition) is 0. The van der Waals surface area contributed by atoms with Crippen molar-refractivity contribution < 1.29 is 50.1 Å². The van der Waals surface area contributed by atoms with Gasteiger partial charge in [-0.15, -0.1) is 13.2 Å². The Morgan fingerprint density at radius 2 is 0.988 bits per heavy atom. The van der Waals surface area contributed by atoms with E-state index in [2.05, 4.69) is 102 Å². The van der Waals surface area contributed by atoms with Crippen molar-refractivity contribution in [3.05, 3.63) is 130 Å². The average molecular weight is 1170 g/mol. The lowest BCUT2D eigenvalue weighted by Crippen LogP contribution is -2.37. The van der Waals surface area contributed by atoms with Crippen molar-refractivity contribution >= 4 is 11.5 Å². The van der Waals surface area contributed by atoms with Crippen molar-refractivity contribution in [3.8, 4) is 17.2 Å². The smallest absolute Gasteiger partial charge is 0.454 e. The number of carbonyl (C=O) groups excluding carboxylic acids is 1. The molecule has 466 valence electrons. The molecule has 83 heavy (non-hydrogen) atoms. The van der Waals surface area contributed by atoms with Gasteiger partial charge >= 0.3 is 12.5 Å². The lowest BCUT2D eigenvalue weighted by Gasteiger charge is -2.29. The normalized spacial score (nSPS) is 15.2. The Bertz CT molecular complexity index is 2450. The van der Waals surface area contributed by atoms with Crippen molar-refractivity contribution in [2.75, 3.05) is 59.3 Å². The number of carbonyl (C=O) groups is 1. The standard InChI is InChI=1S/C12H15F3O.C12H15F3.C12H15N.C12H14O3.C11H23N.C10H21NO/c1-11(2,3)8-9-4-6-10(7-5-9)16-12(13,14)15;1-11(2,3)8-9-5-4-6-10(7-9)12(13,14)15;1-12(2,3)9-10-5-7-11(13-4)8-6-10;1-12(2,3)11(13)8-4-5-9-10(6-8)15-7-14-9;1-11(2,3)7-10-12-8-5-4-6-9-12;1-10(2,3)4-5-11-6-8-12-9-7-11/h4-7H,8H2,1-3H3;4-7H,8H2,1-3H3;5-8H,9H2,1-3H3;4-6H,7H2,1-3H3;4-10H2,1-3H3;4-9H2,1-3H3. The van der Waals surface area contributed by atoms with Crippen LogP contribution in [0.3, 0.4) is 0 Å². The number of hydrogen-bond acceptors (Lipinski definition) is 7. The van der Waals surface area contributed by atoms with Crippen molar-refractivity contribution in [3.63, 3.8) is 0 Å². The summed E-state index contributed by atoms with van der Waals surface area (Å²) in [5.74, 6) is 1.30. The SMILES string of the molecule is CC(C)(C)C(=O)c1ccc2c(c1)OCO2.CC(C)(C)CCN1CCCCC1.CC(C)(C)CCN1CCOCC1.CC(C)(C)Cc1ccc(OC(F)(F)F)cc1.CC(C)(C)Cc1cccc(C(F)(F)F)c1.[C-]#[N+]c1ccc(CC(C)(C)C)cc1. The van der Waals surface area contributed by atoms with Gasteiger partial charge in [0.05, 0.1) is 25.3 Å². The first-order valence-corrected chi connectivity index (χ1v) is 29.4. The molecule has 8 nitrogen and oxygen atoms in total. The van der Waals surface area contributed by atoms with Gasteiger partial charge in [-0.2, -0.15) is 13.2 Å². The molecule has 14 heteroatoms. The Labute approximate surface area is 497 Å². The second kappa shape index (κ2) is 33.0. The number of alkyl halides is 6. The monoisotopic (exact) mass is 1170 g/mol. The number of benzene rings is 4. The Morgan fingerprint density at radius 1 is 0.530 bits per heavy atom. The van der Waals surface area contributed by atoms with Gasteiger partial charge in [0.2, 0.25) is 6.79 Å². The molecule has 0 unspecified atom stereocenters. The van der Waals surface area contributed by atoms with Gasteiger partial charge in [-0.05, 0) is 151 Å². The summed E-state index contributed by atoms with van der Waals surface area (Å²) in [5, 5.41) is 0. The van der Waals surface area contributed by atoms with Gasteiger partial charge in [0.15, 0.2) is 23.0 Å². The summed E-state index contributed by atoms with van der Waals surface area (Å²) >= 11 is 0. The highest BCUT2D eigenvalue weighted by molar-refractivity contribution is 6.00. The second-order valence-electron chi connectivity index (χ2n) is 29.0. The zero-order valence-electron chi connectivity index (χ0n) is 53.8. The molecule has 0 amide bonds. The highest BCUT2D eigenvalue weighted by atomic mass is 19.4. The molecule has 0 radical (unpaired) electrons. The third-order valence-electron chi connectivity index (χ3n) is 12.9. The van der Waals surface area contributed by atoms with E-state index in [1.807, 2.05) is 65.8 Å². The lowest BCUT2D eigenvalue weighted by atomic mass is 9.86. The summed E-state index contributed by atoms with van der Waals surface area (Å²) in [7, 11) is 0. The molecule has 4 aromatic rings. The molecule has 7 rings (SSSR count). The Hall–Kier alpha value is -5.10. The summed E-state index contributed by atoms with van der Waals surface area (Å²) in [6.45, 7) is 54.9.